The largest absolute Gasteiger partial charge is 0.459 e. The molecule has 2 N–H and O–H groups in total. The van der Waals surface area contributed by atoms with Gasteiger partial charge in [0.25, 0.3) is 0 Å². The van der Waals surface area contributed by atoms with Gasteiger partial charge in [0.15, 0.2) is 5.76 Å². The number of aromatic nitrogens is 3. The zero-order valence-electron chi connectivity index (χ0n) is 16.9. The summed E-state index contributed by atoms with van der Waals surface area (Å²) in [4.78, 5) is 17.3. The number of benzene rings is 2. The minimum absolute atomic E-state index is 0.198. The summed E-state index contributed by atoms with van der Waals surface area (Å²) in [5.41, 5.74) is 4.57. The smallest absolute Gasteiger partial charge is 0.317 e. The molecule has 0 spiro atoms. The van der Waals surface area contributed by atoms with Crippen LogP contribution < -0.4 is 10.6 Å². The zero-order valence-corrected chi connectivity index (χ0v) is 16.9. The highest BCUT2D eigenvalue weighted by atomic mass is 16.3. The molecule has 0 unspecified atom stereocenters. The summed E-state index contributed by atoms with van der Waals surface area (Å²) in [6.45, 7) is 5.16. The van der Waals surface area contributed by atoms with Crippen LogP contribution in [-0.4, -0.2) is 20.7 Å². The number of rotatable bonds is 7. The molecule has 0 saturated heterocycles. The van der Waals surface area contributed by atoms with E-state index in [1.807, 2.05) is 50.2 Å². The second-order valence-electron chi connectivity index (χ2n) is 7.13. The van der Waals surface area contributed by atoms with E-state index in [0.717, 1.165) is 11.1 Å². The van der Waals surface area contributed by atoms with Gasteiger partial charge in [0.2, 0.25) is 11.9 Å². The Morgan fingerprint density at radius 1 is 0.900 bits per heavy atom. The summed E-state index contributed by atoms with van der Waals surface area (Å²) in [6, 6.07) is 19.6. The topological polar surface area (TPSA) is 85.0 Å². The van der Waals surface area contributed by atoms with Crippen LogP contribution in [0.15, 0.2) is 71.3 Å². The van der Waals surface area contributed by atoms with Gasteiger partial charge in [-0.1, -0.05) is 59.7 Å². The number of furan rings is 1. The van der Waals surface area contributed by atoms with Gasteiger partial charge in [-0.05, 0) is 37.1 Å². The molecule has 0 amide bonds. The molecule has 0 fully saturated rings. The third kappa shape index (κ3) is 4.57. The van der Waals surface area contributed by atoms with E-state index < -0.39 is 0 Å². The lowest BCUT2D eigenvalue weighted by molar-refractivity contribution is 0.0920. The molecule has 30 heavy (non-hydrogen) atoms. The van der Waals surface area contributed by atoms with Crippen LogP contribution in [0.3, 0.4) is 0 Å². The summed E-state index contributed by atoms with van der Waals surface area (Å²) in [5.74, 6) is 0.524. The maximum Gasteiger partial charge on any atom is 0.317 e. The number of nitrogens with zero attached hydrogens (tertiary/aromatic N) is 3. The van der Waals surface area contributed by atoms with Crippen molar-refractivity contribution in [2.45, 2.75) is 26.9 Å². The molecule has 7 heteroatoms. The molecular formula is C23H23N5O2. The lowest BCUT2D eigenvalue weighted by Gasteiger charge is -2.06. The molecule has 0 bridgehead atoms. The molecular weight excluding hydrogens is 378 g/mol. The number of carbonyl (C=O) groups excluding carboxylic acids is 1. The number of hydrogen-bond acceptors (Lipinski definition) is 6. The highest BCUT2D eigenvalue weighted by Crippen LogP contribution is 2.15. The molecule has 0 aliphatic carbocycles. The minimum atomic E-state index is -0.387. The van der Waals surface area contributed by atoms with E-state index in [0.29, 0.717) is 25.0 Å². The van der Waals surface area contributed by atoms with E-state index in [-0.39, 0.29) is 11.7 Å². The SMILES string of the molecule is Cc1ccc(CNc2nc(NCc3ccc(C)cc3)n(C(=O)c3ccco3)n2)cc1. The quantitative estimate of drug-likeness (QED) is 0.477. The molecule has 0 aliphatic rings. The first-order chi connectivity index (χ1) is 14.6. The third-order valence-electron chi connectivity index (χ3n) is 4.67. The molecule has 7 nitrogen and oxygen atoms in total. The molecule has 0 aliphatic heterocycles. The van der Waals surface area contributed by atoms with Crippen LogP contribution in [0.25, 0.3) is 0 Å². The number of hydrogen-bond donors (Lipinski definition) is 2. The van der Waals surface area contributed by atoms with Crippen molar-refractivity contribution in [2.75, 3.05) is 10.6 Å². The van der Waals surface area contributed by atoms with Crippen molar-refractivity contribution in [3.63, 3.8) is 0 Å². The lowest BCUT2D eigenvalue weighted by Crippen LogP contribution is -2.17. The Labute approximate surface area is 174 Å². The van der Waals surface area contributed by atoms with Crippen molar-refractivity contribution in [1.82, 2.24) is 14.8 Å². The monoisotopic (exact) mass is 401 g/mol. The van der Waals surface area contributed by atoms with E-state index >= 15 is 0 Å². The van der Waals surface area contributed by atoms with Crippen LogP contribution in [0.5, 0.6) is 0 Å². The Bertz CT molecular complexity index is 1110. The summed E-state index contributed by atoms with van der Waals surface area (Å²) >= 11 is 0. The predicted octanol–water partition coefficient (Wildman–Crippen LogP) is 4.40. The van der Waals surface area contributed by atoms with E-state index in [4.69, 9.17) is 4.42 Å². The highest BCUT2D eigenvalue weighted by Gasteiger charge is 2.19. The standard InChI is InChI=1S/C23H23N5O2/c1-16-5-9-18(10-6-16)14-24-22-26-23(25-15-19-11-7-17(2)8-12-19)28(27-22)21(29)20-4-3-13-30-20/h3-13H,14-15H2,1-2H3,(H2,24,25,26,27). The van der Waals surface area contributed by atoms with Gasteiger partial charge < -0.3 is 15.1 Å². The van der Waals surface area contributed by atoms with E-state index in [1.165, 1.54) is 22.1 Å². The van der Waals surface area contributed by atoms with Crippen molar-refractivity contribution >= 4 is 17.8 Å². The van der Waals surface area contributed by atoms with Crippen LogP contribution in [0.4, 0.5) is 11.9 Å². The molecule has 0 saturated carbocycles. The molecule has 152 valence electrons. The number of carbonyl (C=O) groups is 1. The predicted molar refractivity (Wildman–Crippen MR) is 115 cm³/mol. The van der Waals surface area contributed by atoms with Crippen molar-refractivity contribution < 1.29 is 9.21 Å². The van der Waals surface area contributed by atoms with Crippen molar-refractivity contribution in [3.05, 3.63) is 94.9 Å². The summed E-state index contributed by atoms with van der Waals surface area (Å²) in [7, 11) is 0. The maximum atomic E-state index is 12.8. The Morgan fingerprint density at radius 3 is 2.07 bits per heavy atom. The summed E-state index contributed by atoms with van der Waals surface area (Å²) in [6.07, 6.45) is 1.46. The molecule has 4 aromatic rings. The van der Waals surface area contributed by atoms with Crippen LogP contribution in [0.1, 0.15) is 32.8 Å². The van der Waals surface area contributed by atoms with Crippen LogP contribution >= 0.6 is 0 Å². The normalized spacial score (nSPS) is 10.7. The fraction of sp³-hybridized carbons (Fsp3) is 0.174. The number of anilines is 2. The van der Waals surface area contributed by atoms with Gasteiger partial charge in [-0.3, -0.25) is 4.79 Å². The van der Waals surface area contributed by atoms with Crippen LogP contribution in [-0.2, 0) is 13.1 Å². The second-order valence-corrected chi connectivity index (χ2v) is 7.13. The Hall–Kier alpha value is -3.87. The highest BCUT2D eigenvalue weighted by molar-refractivity contribution is 5.94. The van der Waals surface area contributed by atoms with Gasteiger partial charge in [-0.15, -0.1) is 5.10 Å². The van der Waals surface area contributed by atoms with Crippen LogP contribution in [0.2, 0.25) is 0 Å². The van der Waals surface area contributed by atoms with E-state index in [9.17, 15) is 4.79 Å². The third-order valence-corrected chi connectivity index (χ3v) is 4.67. The second kappa shape index (κ2) is 8.65. The fourth-order valence-electron chi connectivity index (χ4n) is 2.92. The zero-order chi connectivity index (χ0) is 20.9. The average molecular weight is 401 g/mol. The van der Waals surface area contributed by atoms with Crippen molar-refractivity contribution in [1.29, 1.82) is 0 Å². The molecule has 4 rings (SSSR count). The summed E-state index contributed by atoms with van der Waals surface area (Å²) in [5, 5.41) is 10.7. The van der Waals surface area contributed by atoms with Crippen molar-refractivity contribution in [3.8, 4) is 0 Å². The average Bonchev–Trinajstić information content (AvgIpc) is 3.43. The van der Waals surface area contributed by atoms with Crippen molar-refractivity contribution in [2.24, 2.45) is 0 Å². The fourth-order valence-corrected chi connectivity index (χ4v) is 2.92. The van der Waals surface area contributed by atoms with Gasteiger partial charge in [0, 0.05) is 13.1 Å². The molecule has 2 heterocycles. The Balaban J connectivity index is 1.53. The number of aryl methyl sites for hydroxylation is 2. The van der Waals surface area contributed by atoms with Gasteiger partial charge in [0.05, 0.1) is 6.26 Å². The maximum absolute atomic E-state index is 12.8. The minimum Gasteiger partial charge on any atom is -0.459 e. The molecule has 2 aromatic carbocycles. The first-order valence-electron chi connectivity index (χ1n) is 9.72. The van der Waals surface area contributed by atoms with Gasteiger partial charge in [-0.2, -0.15) is 9.67 Å². The first kappa shape index (κ1) is 19.4. The summed E-state index contributed by atoms with van der Waals surface area (Å²) < 4.78 is 6.47. The Morgan fingerprint density at radius 2 is 1.50 bits per heavy atom. The Kier molecular flexibility index (Phi) is 5.61. The van der Waals surface area contributed by atoms with E-state index in [2.05, 4.69) is 32.8 Å². The molecule has 0 radical (unpaired) electrons. The lowest BCUT2D eigenvalue weighted by atomic mass is 10.1. The van der Waals surface area contributed by atoms with E-state index in [1.54, 1.807) is 12.1 Å². The first-order valence-corrected chi connectivity index (χ1v) is 9.72. The van der Waals surface area contributed by atoms with Gasteiger partial charge in [-0.25, -0.2) is 0 Å². The van der Waals surface area contributed by atoms with Gasteiger partial charge in [0.1, 0.15) is 0 Å². The van der Waals surface area contributed by atoms with Gasteiger partial charge >= 0.3 is 5.91 Å². The molecule has 0 atom stereocenters. The molecule has 2 aromatic heterocycles. The van der Waals surface area contributed by atoms with Crippen LogP contribution in [0, 0.1) is 13.8 Å². The number of nitrogens with one attached hydrogen (secondary N) is 2.